The number of carboxylic acid groups (broad SMARTS) is 1. The summed E-state index contributed by atoms with van der Waals surface area (Å²) in [5, 5.41) is 9.77. The largest absolute Gasteiger partial charge is 0.475 e. The van der Waals surface area contributed by atoms with Crippen LogP contribution >= 0.6 is 0 Å². The third-order valence-corrected chi connectivity index (χ3v) is 6.41. The summed E-state index contributed by atoms with van der Waals surface area (Å²) in [7, 11) is 0. The van der Waals surface area contributed by atoms with Gasteiger partial charge in [-0.2, -0.15) is 0 Å². The lowest BCUT2D eigenvalue weighted by molar-refractivity contribution is -0.135. The van der Waals surface area contributed by atoms with E-state index >= 15 is 0 Å². The number of aliphatic carboxylic acids is 1. The van der Waals surface area contributed by atoms with Crippen LogP contribution in [0.2, 0.25) is 0 Å². The summed E-state index contributed by atoms with van der Waals surface area (Å²) in [5.74, 6) is -0.688. The van der Waals surface area contributed by atoms with Crippen molar-refractivity contribution in [1.82, 2.24) is 9.55 Å². The third-order valence-electron chi connectivity index (χ3n) is 6.41. The molecule has 1 aromatic heterocycles. The van der Waals surface area contributed by atoms with Gasteiger partial charge in [0.05, 0.1) is 6.04 Å². The van der Waals surface area contributed by atoms with Gasteiger partial charge >= 0.3 is 5.97 Å². The van der Waals surface area contributed by atoms with Gasteiger partial charge in [-0.25, -0.2) is 9.78 Å². The Morgan fingerprint density at radius 3 is 2.33 bits per heavy atom. The summed E-state index contributed by atoms with van der Waals surface area (Å²) in [6, 6.07) is 26.3. The Morgan fingerprint density at radius 2 is 1.64 bits per heavy atom. The van der Waals surface area contributed by atoms with Crippen molar-refractivity contribution in [2.24, 2.45) is 0 Å². The van der Waals surface area contributed by atoms with E-state index in [0.717, 1.165) is 42.4 Å². The van der Waals surface area contributed by atoms with Crippen LogP contribution in [-0.4, -0.2) is 27.2 Å². The Balaban J connectivity index is 1.37. The molecule has 0 amide bonds. The Labute approximate surface area is 210 Å². The van der Waals surface area contributed by atoms with Crippen LogP contribution in [0.3, 0.4) is 0 Å². The summed E-state index contributed by atoms with van der Waals surface area (Å²) < 4.78 is 13.8. The Hall–Kier alpha value is -4.32. The number of hydrogen-bond acceptors (Lipinski definition) is 4. The van der Waals surface area contributed by atoms with Crippen LogP contribution < -0.4 is 9.47 Å². The number of nitrogens with zero attached hydrogens (tertiary/aromatic N) is 2. The molecule has 182 valence electrons. The second kappa shape index (κ2) is 11.0. The summed E-state index contributed by atoms with van der Waals surface area (Å²) in [6.45, 7) is 0.00394. The number of ether oxygens (including phenoxy) is 2. The van der Waals surface area contributed by atoms with Crippen LogP contribution in [0.15, 0.2) is 103 Å². The molecule has 6 heteroatoms. The summed E-state index contributed by atoms with van der Waals surface area (Å²) >= 11 is 0. The smallest absolute Gasteiger partial charge is 0.371 e. The van der Waals surface area contributed by atoms with Crippen LogP contribution in [0, 0.1) is 0 Å². The first-order valence-electron chi connectivity index (χ1n) is 12.2. The number of aryl methyl sites for hydroxylation is 1. The highest BCUT2D eigenvalue weighted by Crippen LogP contribution is 2.32. The van der Waals surface area contributed by atoms with Gasteiger partial charge in [0.15, 0.2) is 0 Å². The lowest BCUT2D eigenvalue weighted by Crippen LogP contribution is -2.15. The first-order valence-corrected chi connectivity index (χ1v) is 12.2. The zero-order valence-electron chi connectivity index (χ0n) is 19.9. The average Bonchev–Trinajstić information content (AvgIpc) is 3.37. The van der Waals surface area contributed by atoms with Crippen molar-refractivity contribution < 1.29 is 19.4 Å². The molecule has 1 N–H and O–H groups in total. The highest BCUT2D eigenvalue weighted by Gasteiger charge is 2.21. The Morgan fingerprint density at radius 1 is 0.944 bits per heavy atom. The van der Waals surface area contributed by atoms with E-state index in [9.17, 15) is 9.90 Å². The van der Waals surface area contributed by atoms with Gasteiger partial charge < -0.3 is 14.6 Å². The SMILES string of the molecule is O=C(O)C(=CCOc1nccn1C(c1ccccc1)c1ccccc1)Oc1cccc2c1CCCC2. The number of rotatable bonds is 9. The molecule has 0 radical (unpaired) electrons. The molecule has 0 spiro atoms. The first kappa shape index (κ1) is 23.4. The lowest BCUT2D eigenvalue weighted by Gasteiger charge is -2.21. The van der Waals surface area contributed by atoms with Gasteiger partial charge in [0.25, 0.3) is 6.01 Å². The lowest BCUT2D eigenvalue weighted by atomic mass is 9.91. The van der Waals surface area contributed by atoms with Crippen molar-refractivity contribution in [2.75, 3.05) is 6.61 Å². The van der Waals surface area contributed by atoms with Gasteiger partial charge in [-0.1, -0.05) is 72.8 Å². The van der Waals surface area contributed by atoms with Crippen molar-refractivity contribution in [3.63, 3.8) is 0 Å². The fraction of sp³-hybridized carbons (Fsp3) is 0.200. The maximum absolute atomic E-state index is 11.9. The van der Waals surface area contributed by atoms with Gasteiger partial charge in [-0.3, -0.25) is 4.57 Å². The molecule has 0 fully saturated rings. The topological polar surface area (TPSA) is 73.6 Å². The molecule has 36 heavy (non-hydrogen) atoms. The first-order chi connectivity index (χ1) is 17.7. The molecule has 1 aliphatic carbocycles. The molecule has 1 aliphatic rings. The molecular weight excluding hydrogens is 452 g/mol. The van der Waals surface area contributed by atoms with Crippen LogP contribution in [0.1, 0.15) is 41.1 Å². The molecule has 0 unspecified atom stereocenters. The standard InChI is InChI=1S/C30H28N2O4/c33-29(34)27(36-26-17-9-15-22-10-7-8-16-25(22)26)18-21-35-30-31-19-20-32(30)28(23-11-3-1-4-12-23)24-13-5-2-6-14-24/h1-6,9,11-15,17-20,28H,7-8,10,16,21H2,(H,33,34). The van der Waals surface area contributed by atoms with Gasteiger partial charge in [0.1, 0.15) is 12.4 Å². The summed E-state index contributed by atoms with van der Waals surface area (Å²) in [5.41, 5.74) is 4.51. The highest BCUT2D eigenvalue weighted by molar-refractivity contribution is 5.84. The quantitative estimate of drug-likeness (QED) is 0.241. The molecule has 0 saturated heterocycles. The minimum Gasteiger partial charge on any atom is -0.475 e. The van der Waals surface area contributed by atoms with E-state index < -0.39 is 5.97 Å². The second-order valence-corrected chi connectivity index (χ2v) is 8.73. The number of hydrogen-bond donors (Lipinski definition) is 1. The Bertz CT molecular complexity index is 1310. The third kappa shape index (κ3) is 5.18. The molecule has 0 atom stereocenters. The molecule has 4 aromatic rings. The fourth-order valence-electron chi connectivity index (χ4n) is 4.72. The van der Waals surface area contributed by atoms with Crippen LogP contribution in [0.4, 0.5) is 0 Å². The molecule has 0 aliphatic heterocycles. The summed E-state index contributed by atoms with van der Waals surface area (Å²) in [4.78, 5) is 16.3. The monoisotopic (exact) mass is 480 g/mol. The molecule has 1 heterocycles. The number of carboxylic acids is 1. The maximum atomic E-state index is 11.9. The van der Waals surface area contributed by atoms with E-state index in [-0.39, 0.29) is 18.4 Å². The van der Waals surface area contributed by atoms with Crippen LogP contribution in [0.25, 0.3) is 0 Å². The zero-order valence-corrected chi connectivity index (χ0v) is 19.9. The van der Waals surface area contributed by atoms with E-state index in [1.54, 1.807) is 6.20 Å². The predicted octanol–water partition coefficient (Wildman–Crippen LogP) is 5.83. The van der Waals surface area contributed by atoms with Gasteiger partial charge in [0.2, 0.25) is 5.76 Å². The molecule has 3 aromatic carbocycles. The van der Waals surface area contributed by atoms with Gasteiger partial charge in [-0.15, -0.1) is 0 Å². The summed E-state index contributed by atoms with van der Waals surface area (Å²) in [6.07, 6.45) is 9.11. The van der Waals surface area contributed by atoms with Crippen molar-refractivity contribution >= 4 is 5.97 Å². The van der Waals surface area contributed by atoms with Gasteiger partial charge in [0, 0.05) is 18.5 Å². The zero-order chi connectivity index (χ0) is 24.7. The Kier molecular flexibility index (Phi) is 7.12. The van der Waals surface area contributed by atoms with E-state index in [4.69, 9.17) is 9.47 Å². The predicted molar refractivity (Wildman–Crippen MR) is 137 cm³/mol. The van der Waals surface area contributed by atoms with Gasteiger partial charge in [-0.05, 0) is 54.0 Å². The number of fused-ring (bicyclic) bond motifs is 1. The van der Waals surface area contributed by atoms with E-state index in [1.807, 2.05) is 59.3 Å². The molecular formula is C30H28N2O4. The number of imidazole rings is 1. The fourth-order valence-corrected chi connectivity index (χ4v) is 4.72. The second-order valence-electron chi connectivity index (χ2n) is 8.73. The maximum Gasteiger partial charge on any atom is 0.371 e. The van der Waals surface area contributed by atoms with Crippen LogP contribution in [-0.2, 0) is 17.6 Å². The minimum absolute atomic E-state index is 0.00394. The van der Waals surface area contributed by atoms with Crippen molar-refractivity contribution in [1.29, 1.82) is 0 Å². The normalized spacial score (nSPS) is 13.3. The van der Waals surface area contributed by atoms with Crippen molar-refractivity contribution in [2.45, 2.75) is 31.7 Å². The average molecular weight is 481 g/mol. The van der Waals surface area contributed by atoms with E-state index in [1.165, 1.54) is 11.6 Å². The molecule has 0 saturated carbocycles. The van der Waals surface area contributed by atoms with Crippen LogP contribution in [0.5, 0.6) is 11.8 Å². The highest BCUT2D eigenvalue weighted by atomic mass is 16.5. The molecule has 5 rings (SSSR count). The van der Waals surface area contributed by atoms with Crippen molar-refractivity contribution in [3.8, 4) is 11.8 Å². The van der Waals surface area contributed by atoms with E-state index in [2.05, 4.69) is 35.3 Å². The molecule has 0 bridgehead atoms. The number of aromatic nitrogens is 2. The van der Waals surface area contributed by atoms with Crippen molar-refractivity contribution in [3.05, 3.63) is 125 Å². The minimum atomic E-state index is -1.14. The van der Waals surface area contributed by atoms with E-state index in [0.29, 0.717) is 11.8 Å². The molecule has 6 nitrogen and oxygen atoms in total. The number of benzene rings is 3. The number of carbonyl (C=O) groups is 1.